The van der Waals surface area contributed by atoms with Gasteiger partial charge >= 0.3 is 0 Å². The van der Waals surface area contributed by atoms with Crippen molar-refractivity contribution in [3.05, 3.63) is 54.4 Å². The van der Waals surface area contributed by atoms with E-state index >= 15 is 0 Å². The number of anilines is 1. The molecule has 0 bridgehead atoms. The van der Waals surface area contributed by atoms with E-state index in [1.807, 2.05) is 61.7 Å². The molecule has 0 fully saturated rings. The first-order valence-electron chi connectivity index (χ1n) is 9.59. The summed E-state index contributed by atoms with van der Waals surface area (Å²) < 4.78 is 7.14. The molecule has 2 aromatic carbocycles. The first-order valence-corrected chi connectivity index (χ1v) is 9.59. The molecule has 0 aliphatic heterocycles. The zero-order valence-electron chi connectivity index (χ0n) is 17.1. The Bertz CT molecular complexity index is 1030. The van der Waals surface area contributed by atoms with Crippen LogP contribution >= 0.6 is 0 Å². The number of para-hydroxylation sites is 4. The first kappa shape index (κ1) is 20.4. The standard InChI is InChI=1S/C22H26N4O3/c1-14(2)22(28)23-15(3)21-25-16-9-5-7-11-18(16)26(21)13-20(27)24-17-10-6-8-12-19(17)29-4/h5-12,14-15H,13H2,1-4H3,(H,23,28)(H,24,27). The summed E-state index contributed by atoms with van der Waals surface area (Å²) in [6.45, 7) is 5.61. The van der Waals surface area contributed by atoms with E-state index in [1.54, 1.807) is 19.2 Å². The lowest BCUT2D eigenvalue weighted by molar-refractivity contribution is -0.124. The minimum Gasteiger partial charge on any atom is -0.495 e. The lowest BCUT2D eigenvalue weighted by Crippen LogP contribution is -2.32. The molecule has 0 radical (unpaired) electrons. The van der Waals surface area contributed by atoms with Gasteiger partial charge in [0.2, 0.25) is 11.8 Å². The van der Waals surface area contributed by atoms with E-state index in [0.717, 1.165) is 11.0 Å². The minimum absolute atomic E-state index is 0.0606. The van der Waals surface area contributed by atoms with Crippen molar-refractivity contribution in [2.24, 2.45) is 5.92 Å². The molecule has 3 aromatic rings. The van der Waals surface area contributed by atoms with Crippen molar-refractivity contribution in [2.45, 2.75) is 33.4 Å². The van der Waals surface area contributed by atoms with Crippen molar-refractivity contribution >= 4 is 28.5 Å². The van der Waals surface area contributed by atoms with E-state index in [-0.39, 0.29) is 30.3 Å². The molecule has 1 heterocycles. The Hall–Kier alpha value is -3.35. The second-order valence-electron chi connectivity index (χ2n) is 7.18. The van der Waals surface area contributed by atoms with Gasteiger partial charge in [-0.2, -0.15) is 0 Å². The van der Waals surface area contributed by atoms with E-state index in [2.05, 4.69) is 15.6 Å². The molecule has 0 aliphatic rings. The fraction of sp³-hybridized carbons (Fsp3) is 0.318. The summed E-state index contributed by atoms with van der Waals surface area (Å²) in [5.41, 5.74) is 2.22. The molecule has 0 saturated carbocycles. The predicted molar refractivity (Wildman–Crippen MR) is 113 cm³/mol. The van der Waals surface area contributed by atoms with Gasteiger partial charge in [0.15, 0.2) is 0 Å². The number of rotatable bonds is 7. The number of carbonyl (C=O) groups excluding carboxylic acids is 2. The Morgan fingerprint density at radius 3 is 2.48 bits per heavy atom. The van der Waals surface area contributed by atoms with Crippen LogP contribution in [-0.4, -0.2) is 28.5 Å². The number of nitrogens with one attached hydrogen (secondary N) is 2. The van der Waals surface area contributed by atoms with Gasteiger partial charge in [0.1, 0.15) is 18.1 Å². The summed E-state index contributed by atoms with van der Waals surface area (Å²) in [6, 6.07) is 14.5. The largest absolute Gasteiger partial charge is 0.495 e. The summed E-state index contributed by atoms with van der Waals surface area (Å²) in [4.78, 5) is 29.6. The van der Waals surface area contributed by atoms with Crippen LogP contribution in [0.15, 0.2) is 48.5 Å². The van der Waals surface area contributed by atoms with Crippen LogP contribution < -0.4 is 15.4 Å². The van der Waals surface area contributed by atoms with Crippen molar-refractivity contribution in [2.75, 3.05) is 12.4 Å². The third-order valence-corrected chi connectivity index (χ3v) is 4.64. The maximum atomic E-state index is 12.8. The lowest BCUT2D eigenvalue weighted by atomic mass is 10.2. The van der Waals surface area contributed by atoms with Gasteiger partial charge in [0.05, 0.1) is 29.9 Å². The quantitative estimate of drug-likeness (QED) is 0.642. The van der Waals surface area contributed by atoms with Crippen LogP contribution in [0.1, 0.15) is 32.6 Å². The maximum Gasteiger partial charge on any atom is 0.244 e. The number of benzene rings is 2. The molecular formula is C22H26N4O3. The van der Waals surface area contributed by atoms with Crippen molar-refractivity contribution in [1.29, 1.82) is 0 Å². The molecule has 152 valence electrons. The van der Waals surface area contributed by atoms with Crippen molar-refractivity contribution in [3.8, 4) is 5.75 Å². The Balaban J connectivity index is 1.89. The van der Waals surface area contributed by atoms with Gasteiger partial charge in [-0.25, -0.2) is 4.98 Å². The average molecular weight is 394 g/mol. The Morgan fingerprint density at radius 2 is 1.76 bits per heavy atom. The van der Waals surface area contributed by atoms with Gasteiger partial charge in [0, 0.05) is 5.92 Å². The number of hydrogen-bond donors (Lipinski definition) is 2. The number of imidazole rings is 1. The summed E-state index contributed by atoms with van der Waals surface area (Å²) in [5, 5.41) is 5.85. The normalized spacial score (nSPS) is 12.0. The molecule has 0 spiro atoms. The number of nitrogens with zero attached hydrogens (tertiary/aromatic N) is 2. The lowest BCUT2D eigenvalue weighted by Gasteiger charge is -2.17. The molecule has 2 N–H and O–H groups in total. The first-order chi connectivity index (χ1) is 13.9. The van der Waals surface area contributed by atoms with Gasteiger partial charge in [-0.1, -0.05) is 38.1 Å². The second-order valence-corrected chi connectivity index (χ2v) is 7.18. The van der Waals surface area contributed by atoms with Gasteiger partial charge in [-0.3, -0.25) is 9.59 Å². The topological polar surface area (TPSA) is 85.2 Å². The minimum atomic E-state index is -0.337. The predicted octanol–water partition coefficient (Wildman–Crippen LogP) is 3.52. The van der Waals surface area contributed by atoms with E-state index < -0.39 is 0 Å². The molecule has 0 aliphatic carbocycles. The molecule has 2 amide bonds. The van der Waals surface area contributed by atoms with Crippen molar-refractivity contribution < 1.29 is 14.3 Å². The smallest absolute Gasteiger partial charge is 0.244 e. The van der Waals surface area contributed by atoms with Crippen molar-refractivity contribution in [3.63, 3.8) is 0 Å². The number of fused-ring (bicyclic) bond motifs is 1. The number of methoxy groups -OCH3 is 1. The van der Waals surface area contributed by atoms with E-state index in [9.17, 15) is 9.59 Å². The van der Waals surface area contributed by atoms with Crippen LogP contribution in [0.2, 0.25) is 0 Å². The number of amides is 2. The summed E-state index contributed by atoms with van der Waals surface area (Å²) in [5.74, 6) is 0.824. The molecule has 1 unspecified atom stereocenters. The van der Waals surface area contributed by atoms with Crippen LogP contribution in [0.4, 0.5) is 5.69 Å². The average Bonchev–Trinajstić information content (AvgIpc) is 3.06. The van der Waals surface area contributed by atoms with Crippen LogP contribution in [0, 0.1) is 5.92 Å². The van der Waals surface area contributed by atoms with E-state index in [4.69, 9.17) is 4.74 Å². The highest BCUT2D eigenvalue weighted by molar-refractivity contribution is 5.93. The zero-order valence-corrected chi connectivity index (χ0v) is 17.1. The van der Waals surface area contributed by atoms with Gasteiger partial charge < -0.3 is 19.9 Å². The van der Waals surface area contributed by atoms with Crippen LogP contribution in [0.5, 0.6) is 5.75 Å². The van der Waals surface area contributed by atoms with Gasteiger partial charge in [-0.05, 0) is 31.2 Å². The molecule has 7 nitrogen and oxygen atoms in total. The fourth-order valence-corrected chi connectivity index (χ4v) is 3.12. The number of aromatic nitrogens is 2. The molecule has 1 atom stereocenters. The van der Waals surface area contributed by atoms with Crippen LogP contribution in [0.3, 0.4) is 0 Å². The number of ether oxygens (including phenoxy) is 1. The number of hydrogen-bond acceptors (Lipinski definition) is 4. The van der Waals surface area contributed by atoms with Crippen LogP contribution in [0.25, 0.3) is 11.0 Å². The van der Waals surface area contributed by atoms with E-state index in [1.165, 1.54) is 0 Å². The van der Waals surface area contributed by atoms with Crippen molar-refractivity contribution in [1.82, 2.24) is 14.9 Å². The SMILES string of the molecule is COc1ccccc1NC(=O)Cn1c(C(C)NC(=O)C(C)C)nc2ccccc21. The molecule has 3 rings (SSSR count). The fourth-order valence-electron chi connectivity index (χ4n) is 3.12. The monoisotopic (exact) mass is 394 g/mol. The van der Waals surface area contributed by atoms with Crippen LogP contribution in [-0.2, 0) is 16.1 Å². The van der Waals surface area contributed by atoms with E-state index in [0.29, 0.717) is 17.3 Å². The highest BCUT2D eigenvalue weighted by Crippen LogP contribution is 2.24. The third-order valence-electron chi connectivity index (χ3n) is 4.64. The Kier molecular flexibility index (Phi) is 6.16. The maximum absolute atomic E-state index is 12.8. The second kappa shape index (κ2) is 8.77. The van der Waals surface area contributed by atoms with Gasteiger partial charge in [-0.15, -0.1) is 0 Å². The summed E-state index contributed by atoms with van der Waals surface area (Å²) in [7, 11) is 1.56. The third kappa shape index (κ3) is 4.56. The highest BCUT2D eigenvalue weighted by Gasteiger charge is 2.21. The van der Waals surface area contributed by atoms with Gasteiger partial charge in [0.25, 0.3) is 0 Å². The summed E-state index contributed by atoms with van der Waals surface area (Å²) >= 11 is 0. The number of carbonyl (C=O) groups is 2. The molecule has 0 saturated heterocycles. The molecule has 1 aromatic heterocycles. The molecule has 7 heteroatoms. The zero-order chi connectivity index (χ0) is 21.0. The molecular weight excluding hydrogens is 368 g/mol. The summed E-state index contributed by atoms with van der Waals surface area (Å²) in [6.07, 6.45) is 0. The highest BCUT2D eigenvalue weighted by atomic mass is 16.5. The Morgan fingerprint density at radius 1 is 1.07 bits per heavy atom. The molecule has 29 heavy (non-hydrogen) atoms. The Labute approximate surface area is 170 Å².